The maximum atomic E-state index is 13.3. The van der Waals surface area contributed by atoms with E-state index in [1.54, 1.807) is 0 Å². The van der Waals surface area contributed by atoms with Crippen molar-refractivity contribution in [1.29, 1.82) is 0 Å². The van der Waals surface area contributed by atoms with Crippen molar-refractivity contribution in [3.8, 4) is 0 Å². The number of nitrogens with one attached hydrogen (secondary N) is 2. The summed E-state index contributed by atoms with van der Waals surface area (Å²) in [5, 5.41) is 2.64. The maximum absolute atomic E-state index is 13.3. The number of aromatic amines is 1. The molecule has 0 unspecified atom stereocenters. The highest BCUT2D eigenvalue weighted by Crippen LogP contribution is 2.10. The molecule has 2 aromatic carbocycles. The van der Waals surface area contributed by atoms with Gasteiger partial charge in [-0.3, -0.25) is 14.4 Å². The summed E-state index contributed by atoms with van der Waals surface area (Å²) in [5.41, 5.74) is -0.424. The third kappa shape index (κ3) is 3.85. The molecule has 0 aliphatic rings. The van der Waals surface area contributed by atoms with Gasteiger partial charge < -0.3 is 14.9 Å². The molecule has 1 heterocycles. The standard InChI is InChI=1S/C18H15F2N3O3/c19-12-3-1-11(2-4-12)9-16(24)21-7-8-23-15-6-5-13(20)10-14(15)22-17(25)18(23)26/h1-6,10H,7-9H2,(H,21,24)(H,22,25). The van der Waals surface area contributed by atoms with E-state index in [1.165, 1.54) is 41.0 Å². The highest BCUT2D eigenvalue weighted by Gasteiger charge is 2.09. The zero-order chi connectivity index (χ0) is 18.7. The van der Waals surface area contributed by atoms with Gasteiger partial charge in [0.2, 0.25) is 5.91 Å². The monoisotopic (exact) mass is 359 g/mol. The Morgan fingerprint density at radius 2 is 1.73 bits per heavy atom. The second kappa shape index (κ2) is 7.30. The molecule has 0 saturated carbocycles. The molecule has 26 heavy (non-hydrogen) atoms. The van der Waals surface area contributed by atoms with Crippen LogP contribution in [-0.2, 0) is 17.8 Å². The fraction of sp³-hybridized carbons (Fsp3) is 0.167. The molecule has 0 bridgehead atoms. The van der Waals surface area contributed by atoms with Gasteiger partial charge in [0.1, 0.15) is 11.6 Å². The van der Waals surface area contributed by atoms with Gasteiger partial charge in [-0.1, -0.05) is 12.1 Å². The van der Waals surface area contributed by atoms with Gasteiger partial charge in [0.15, 0.2) is 0 Å². The van der Waals surface area contributed by atoms with Crippen LogP contribution in [0.15, 0.2) is 52.1 Å². The fourth-order valence-electron chi connectivity index (χ4n) is 2.63. The Labute approximate surface area is 146 Å². The number of aromatic nitrogens is 2. The number of fused-ring (bicyclic) bond motifs is 1. The number of nitrogens with zero attached hydrogens (tertiary/aromatic N) is 1. The van der Waals surface area contributed by atoms with Crippen molar-refractivity contribution in [2.24, 2.45) is 0 Å². The van der Waals surface area contributed by atoms with Crippen LogP contribution in [0.25, 0.3) is 11.0 Å². The van der Waals surface area contributed by atoms with Crippen LogP contribution in [0.4, 0.5) is 8.78 Å². The first-order chi connectivity index (χ1) is 12.4. The van der Waals surface area contributed by atoms with E-state index in [-0.39, 0.29) is 36.8 Å². The average molecular weight is 359 g/mol. The van der Waals surface area contributed by atoms with Crippen molar-refractivity contribution in [1.82, 2.24) is 14.9 Å². The molecular formula is C18H15F2N3O3. The SMILES string of the molecule is O=C(Cc1ccc(F)cc1)NCCn1c(=O)c(=O)[nH]c2cc(F)ccc21. The molecule has 1 aromatic heterocycles. The molecule has 0 radical (unpaired) electrons. The van der Waals surface area contributed by atoms with E-state index in [4.69, 9.17) is 0 Å². The van der Waals surface area contributed by atoms with Crippen molar-refractivity contribution >= 4 is 16.9 Å². The van der Waals surface area contributed by atoms with Gasteiger partial charge in [-0.25, -0.2) is 8.78 Å². The average Bonchev–Trinajstić information content (AvgIpc) is 2.60. The normalized spacial score (nSPS) is 10.8. The molecule has 134 valence electrons. The second-order valence-electron chi connectivity index (χ2n) is 5.73. The molecule has 0 aliphatic carbocycles. The summed E-state index contributed by atoms with van der Waals surface area (Å²) < 4.78 is 27.3. The van der Waals surface area contributed by atoms with Crippen LogP contribution < -0.4 is 16.4 Å². The molecule has 0 atom stereocenters. The van der Waals surface area contributed by atoms with Gasteiger partial charge in [-0.2, -0.15) is 0 Å². The van der Waals surface area contributed by atoms with Crippen molar-refractivity contribution in [3.05, 3.63) is 80.4 Å². The largest absolute Gasteiger partial charge is 0.354 e. The minimum absolute atomic E-state index is 0.0556. The third-order valence-electron chi connectivity index (χ3n) is 3.87. The Morgan fingerprint density at radius 3 is 2.46 bits per heavy atom. The Kier molecular flexibility index (Phi) is 4.92. The summed E-state index contributed by atoms with van der Waals surface area (Å²) in [6.45, 7) is 0.163. The fourth-order valence-corrected chi connectivity index (χ4v) is 2.63. The third-order valence-corrected chi connectivity index (χ3v) is 3.87. The molecule has 0 fully saturated rings. The lowest BCUT2D eigenvalue weighted by molar-refractivity contribution is -0.120. The second-order valence-corrected chi connectivity index (χ2v) is 5.73. The first-order valence-corrected chi connectivity index (χ1v) is 7.87. The smallest absolute Gasteiger partial charge is 0.316 e. The molecule has 0 saturated heterocycles. The van der Waals surface area contributed by atoms with E-state index in [1.807, 2.05) is 0 Å². The number of H-pyrrole nitrogens is 1. The Balaban J connectivity index is 1.70. The van der Waals surface area contributed by atoms with Crippen molar-refractivity contribution in [2.45, 2.75) is 13.0 Å². The van der Waals surface area contributed by atoms with Gasteiger partial charge >= 0.3 is 11.1 Å². The highest BCUT2D eigenvalue weighted by molar-refractivity contribution is 5.78. The van der Waals surface area contributed by atoms with Gasteiger partial charge in [0.05, 0.1) is 17.5 Å². The lowest BCUT2D eigenvalue weighted by atomic mass is 10.1. The molecule has 3 rings (SSSR count). The predicted octanol–water partition coefficient (Wildman–Crippen LogP) is 1.33. The van der Waals surface area contributed by atoms with Crippen molar-refractivity contribution in [2.75, 3.05) is 6.54 Å². The van der Waals surface area contributed by atoms with E-state index in [9.17, 15) is 23.2 Å². The van der Waals surface area contributed by atoms with Crippen LogP contribution in [0, 0.1) is 11.6 Å². The number of carbonyl (C=O) groups excluding carboxylic acids is 1. The minimum Gasteiger partial charge on any atom is -0.354 e. The maximum Gasteiger partial charge on any atom is 0.316 e. The number of carbonyl (C=O) groups is 1. The zero-order valence-electron chi connectivity index (χ0n) is 13.6. The summed E-state index contributed by atoms with van der Waals surface area (Å²) in [4.78, 5) is 38.0. The van der Waals surface area contributed by atoms with Crippen molar-refractivity contribution in [3.63, 3.8) is 0 Å². The summed E-state index contributed by atoms with van der Waals surface area (Å²) in [7, 11) is 0. The summed E-state index contributed by atoms with van der Waals surface area (Å²) in [6, 6.07) is 9.26. The Hall–Kier alpha value is -3.29. The molecule has 2 N–H and O–H groups in total. The molecule has 1 amide bonds. The number of benzene rings is 2. The number of halogens is 2. The van der Waals surface area contributed by atoms with E-state index < -0.39 is 16.9 Å². The van der Waals surface area contributed by atoms with Gasteiger partial charge in [0.25, 0.3) is 0 Å². The summed E-state index contributed by atoms with van der Waals surface area (Å²) in [5.74, 6) is -1.22. The lowest BCUT2D eigenvalue weighted by Crippen LogP contribution is -2.39. The number of hydrogen-bond acceptors (Lipinski definition) is 3. The Bertz CT molecular complexity index is 1070. The quantitative estimate of drug-likeness (QED) is 0.674. The number of amides is 1. The van der Waals surface area contributed by atoms with E-state index in [2.05, 4.69) is 10.3 Å². The van der Waals surface area contributed by atoms with Crippen LogP contribution in [0.5, 0.6) is 0 Å². The van der Waals surface area contributed by atoms with Crippen molar-refractivity contribution < 1.29 is 13.6 Å². The van der Waals surface area contributed by atoms with Gasteiger partial charge in [-0.15, -0.1) is 0 Å². The molecule has 6 nitrogen and oxygen atoms in total. The van der Waals surface area contributed by atoms with Crippen LogP contribution in [0.3, 0.4) is 0 Å². The van der Waals surface area contributed by atoms with E-state index in [0.717, 1.165) is 6.07 Å². The highest BCUT2D eigenvalue weighted by atomic mass is 19.1. The summed E-state index contributed by atoms with van der Waals surface area (Å²) in [6.07, 6.45) is 0.0660. The molecule has 3 aromatic rings. The van der Waals surface area contributed by atoms with Crippen LogP contribution in [-0.4, -0.2) is 22.0 Å². The van der Waals surface area contributed by atoms with Crippen LogP contribution in [0.2, 0.25) is 0 Å². The minimum atomic E-state index is -0.860. The number of rotatable bonds is 5. The first kappa shape index (κ1) is 17.5. The topological polar surface area (TPSA) is 84.0 Å². The predicted molar refractivity (Wildman–Crippen MR) is 91.9 cm³/mol. The van der Waals surface area contributed by atoms with Gasteiger partial charge in [0, 0.05) is 13.1 Å². The van der Waals surface area contributed by atoms with Crippen LogP contribution in [0.1, 0.15) is 5.56 Å². The molecule has 8 heteroatoms. The molecule has 0 aliphatic heterocycles. The van der Waals surface area contributed by atoms with E-state index >= 15 is 0 Å². The van der Waals surface area contributed by atoms with Crippen LogP contribution >= 0.6 is 0 Å². The summed E-state index contributed by atoms with van der Waals surface area (Å²) >= 11 is 0. The lowest BCUT2D eigenvalue weighted by Gasteiger charge is -2.10. The molecule has 0 spiro atoms. The zero-order valence-corrected chi connectivity index (χ0v) is 13.6. The van der Waals surface area contributed by atoms with Gasteiger partial charge in [-0.05, 0) is 35.9 Å². The molecular weight excluding hydrogens is 344 g/mol. The Morgan fingerprint density at radius 1 is 1.04 bits per heavy atom. The number of hydrogen-bond donors (Lipinski definition) is 2. The first-order valence-electron chi connectivity index (χ1n) is 7.87. The van der Waals surface area contributed by atoms with E-state index in [0.29, 0.717) is 11.1 Å².